The van der Waals surface area contributed by atoms with Gasteiger partial charge in [0, 0.05) is 32.6 Å². The van der Waals surface area contributed by atoms with Crippen LogP contribution in [0.2, 0.25) is 0 Å². The lowest BCUT2D eigenvalue weighted by Crippen LogP contribution is -2.39. The molecular formula is C27H35N3O4S2. The second kappa shape index (κ2) is 11.8. The third-order valence-electron chi connectivity index (χ3n) is 6.48. The summed E-state index contributed by atoms with van der Waals surface area (Å²) in [6.07, 6.45) is 1.26. The highest BCUT2D eigenvalue weighted by atomic mass is 32.2. The number of fused-ring (bicyclic) bond motifs is 1. The Balaban J connectivity index is 1.45. The minimum absolute atomic E-state index is 0.0540. The van der Waals surface area contributed by atoms with Crippen LogP contribution in [0.15, 0.2) is 41.3 Å². The fourth-order valence-corrected chi connectivity index (χ4v) is 6.87. The number of carbonyl (C=O) groups is 1. The van der Waals surface area contributed by atoms with Gasteiger partial charge in [0.2, 0.25) is 5.91 Å². The van der Waals surface area contributed by atoms with E-state index in [1.54, 1.807) is 29.2 Å². The van der Waals surface area contributed by atoms with Crippen LogP contribution >= 0.6 is 11.3 Å². The Hall–Kier alpha value is -2.33. The van der Waals surface area contributed by atoms with Crippen LogP contribution in [0.3, 0.4) is 0 Å². The van der Waals surface area contributed by atoms with Crippen molar-refractivity contribution in [2.24, 2.45) is 0 Å². The number of hydrogen-bond donors (Lipinski definition) is 0. The summed E-state index contributed by atoms with van der Waals surface area (Å²) in [6.45, 7) is 10.8. The summed E-state index contributed by atoms with van der Waals surface area (Å²) in [5.41, 5.74) is 4.21. The van der Waals surface area contributed by atoms with Crippen molar-refractivity contribution in [2.75, 3.05) is 50.0 Å². The highest BCUT2D eigenvalue weighted by Gasteiger charge is 2.22. The predicted molar refractivity (Wildman–Crippen MR) is 146 cm³/mol. The summed E-state index contributed by atoms with van der Waals surface area (Å²) in [4.78, 5) is 22.6. The second-order valence-electron chi connectivity index (χ2n) is 9.51. The molecule has 2 heterocycles. The van der Waals surface area contributed by atoms with E-state index in [2.05, 4.69) is 17.9 Å². The first kappa shape index (κ1) is 26.7. The molecule has 0 spiro atoms. The van der Waals surface area contributed by atoms with Gasteiger partial charge in [0.05, 0.1) is 34.1 Å². The zero-order chi connectivity index (χ0) is 25.7. The standard InChI is InChI=1S/C27H35N3O4S2/c1-20-7-9-23(10-8-20)36(32,33)17-4-6-25(31)30(12-5-11-29-13-15-34-16-14-29)27-28-24-19-21(2)18-22(3)26(24)35-27/h7-10,18-19H,4-6,11-17H2,1-3H3. The Morgan fingerprint density at radius 1 is 1.06 bits per heavy atom. The van der Waals surface area contributed by atoms with Crippen molar-refractivity contribution in [1.29, 1.82) is 0 Å². The number of anilines is 1. The van der Waals surface area contributed by atoms with E-state index in [-0.39, 0.29) is 24.5 Å². The molecule has 0 unspecified atom stereocenters. The summed E-state index contributed by atoms with van der Waals surface area (Å²) in [7, 11) is -3.43. The average molecular weight is 530 g/mol. The van der Waals surface area contributed by atoms with Crippen LogP contribution in [0.4, 0.5) is 5.13 Å². The van der Waals surface area contributed by atoms with Crippen LogP contribution in [0, 0.1) is 20.8 Å². The summed E-state index contributed by atoms with van der Waals surface area (Å²) in [6, 6.07) is 11.0. The molecule has 0 bridgehead atoms. The molecule has 0 radical (unpaired) electrons. The lowest BCUT2D eigenvalue weighted by atomic mass is 10.1. The highest BCUT2D eigenvalue weighted by molar-refractivity contribution is 7.91. The molecule has 1 aliphatic rings. The van der Waals surface area contributed by atoms with E-state index in [4.69, 9.17) is 9.72 Å². The topological polar surface area (TPSA) is 79.8 Å². The number of ether oxygens (including phenoxy) is 1. The highest BCUT2D eigenvalue weighted by Crippen LogP contribution is 2.32. The van der Waals surface area contributed by atoms with Gasteiger partial charge in [0.1, 0.15) is 0 Å². The van der Waals surface area contributed by atoms with E-state index in [9.17, 15) is 13.2 Å². The van der Waals surface area contributed by atoms with Crippen LogP contribution < -0.4 is 4.90 Å². The molecule has 36 heavy (non-hydrogen) atoms. The molecule has 1 saturated heterocycles. The number of carbonyl (C=O) groups excluding carboxylic acids is 1. The van der Waals surface area contributed by atoms with E-state index in [0.717, 1.165) is 66.2 Å². The molecule has 1 aliphatic heterocycles. The van der Waals surface area contributed by atoms with E-state index in [1.165, 1.54) is 11.3 Å². The molecular weight excluding hydrogens is 494 g/mol. The maximum Gasteiger partial charge on any atom is 0.228 e. The van der Waals surface area contributed by atoms with Gasteiger partial charge >= 0.3 is 0 Å². The summed E-state index contributed by atoms with van der Waals surface area (Å²) in [5, 5.41) is 0.687. The molecule has 3 aromatic rings. The first-order valence-electron chi connectivity index (χ1n) is 12.5. The number of nitrogens with zero attached hydrogens (tertiary/aromatic N) is 3. The van der Waals surface area contributed by atoms with Crippen molar-refractivity contribution in [3.8, 4) is 0 Å². The van der Waals surface area contributed by atoms with Gasteiger partial charge in [-0.1, -0.05) is 35.1 Å². The average Bonchev–Trinajstić information content (AvgIpc) is 3.26. The molecule has 1 amide bonds. The summed E-state index contributed by atoms with van der Waals surface area (Å²) < 4.78 is 32.0. The quantitative estimate of drug-likeness (QED) is 0.384. The van der Waals surface area contributed by atoms with Crippen LogP contribution in [-0.2, 0) is 19.4 Å². The van der Waals surface area contributed by atoms with Gasteiger partial charge in [0.15, 0.2) is 15.0 Å². The number of rotatable bonds is 10. The van der Waals surface area contributed by atoms with Crippen molar-refractivity contribution >= 4 is 42.4 Å². The van der Waals surface area contributed by atoms with Gasteiger partial charge in [-0.05, 0) is 62.9 Å². The minimum atomic E-state index is -3.43. The van der Waals surface area contributed by atoms with Gasteiger partial charge in [-0.2, -0.15) is 0 Å². The predicted octanol–water partition coefficient (Wildman–Crippen LogP) is 4.53. The maximum atomic E-state index is 13.4. The molecule has 194 valence electrons. The second-order valence-corrected chi connectivity index (χ2v) is 12.6. The lowest BCUT2D eigenvalue weighted by molar-refractivity contribution is -0.118. The number of sulfone groups is 1. The van der Waals surface area contributed by atoms with E-state index >= 15 is 0 Å². The van der Waals surface area contributed by atoms with Crippen molar-refractivity contribution in [1.82, 2.24) is 9.88 Å². The zero-order valence-electron chi connectivity index (χ0n) is 21.3. The molecule has 7 nitrogen and oxygen atoms in total. The van der Waals surface area contributed by atoms with Crippen LogP contribution in [-0.4, -0.2) is 69.4 Å². The Kier molecular flexibility index (Phi) is 8.77. The number of thiazole rings is 1. The fraction of sp³-hybridized carbons (Fsp3) is 0.481. The van der Waals surface area contributed by atoms with Gasteiger partial charge in [0.25, 0.3) is 0 Å². The van der Waals surface area contributed by atoms with Crippen molar-refractivity contribution < 1.29 is 17.9 Å². The Bertz CT molecular complexity index is 1300. The van der Waals surface area contributed by atoms with E-state index in [0.29, 0.717) is 16.6 Å². The van der Waals surface area contributed by atoms with Gasteiger partial charge in [-0.15, -0.1) is 0 Å². The van der Waals surface area contributed by atoms with E-state index in [1.807, 2.05) is 19.9 Å². The number of hydrogen-bond acceptors (Lipinski definition) is 7. The monoisotopic (exact) mass is 529 g/mol. The van der Waals surface area contributed by atoms with Crippen LogP contribution in [0.1, 0.15) is 36.0 Å². The smallest absolute Gasteiger partial charge is 0.228 e. The number of morpholine rings is 1. The van der Waals surface area contributed by atoms with Crippen molar-refractivity contribution in [2.45, 2.75) is 44.9 Å². The molecule has 1 fully saturated rings. The minimum Gasteiger partial charge on any atom is -0.379 e. The number of amides is 1. The number of benzene rings is 2. The molecule has 9 heteroatoms. The Morgan fingerprint density at radius 3 is 2.50 bits per heavy atom. The SMILES string of the molecule is Cc1ccc(S(=O)(=O)CCCC(=O)N(CCCN2CCOCC2)c2nc3cc(C)cc(C)c3s2)cc1. The third kappa shape index (κ3) is 6.70. The van der Waals surface area contributed by atoms with Crippen molar-refractivity contribution in [3.05, 3.63) is 53.1 Å². The molecule has 0 aliphatic carbocycles. The molecule has 0 N–H and O–H groups in total. The van der Waals surface area contributed by atoms with Crippen LogP contribution in [0.5, 0.6) is 0 Å². The lowest BCUT2D eigenvalue weighted by Gasteiger charge is -2.27. The van der Waals surface area contributed by atoms with Gasteiger partial charge in [-0.3, -0.25) is 14.6 Å². The van der Waals surface area contributed by atoms with Crippen molar-refractivity contribution in [3.63, 3.8) is 0 Å². The number of aryl methyl sites for hydroxylation is 3. The number of aromatic nitrogens is 1. The molecule has 0 saturated carbocycles. The Morgan fingerprint density at radius 2 is 1.78 bits per heavy atom. The van der Waals surface area contributed by atoms with Crippen LogP contribution in [0.25, 0.3) is 10.2 Å². The summed E-state index contributed by atoms with van der Waals surface area (Å²) in [5.74, 6) is -0.133. The Labute approximate surface area is 218 Å². The molecule has 2 aromatic carbocycles. The maximum absolute atomic E-state index is 13.4. The zero-order valence-corrected chi connectivity index (χ0v) is 23.0. The summed E-state index contributed by atoms with van der Waals surface area (Å²) >= 11 is 1.53. The van der Waals surface area contributed by atoms with E-state index < -0.39 is 9.84 Å². The molecule has 1 aromatic heterocycles. The molecule has 0 atom stereocenters. The first-order chi connectivity index (χ1) is 17.2. The largest absolute Gasteiger partial charge is 0.379 e. The third-order valence-corrected chi connectivity index (χ3v) is 9.53. The van der Waals surface area contributed by atoms with Gasteiger partial charge < -0.3 is 4.74 Å². The molecule has 4 rings (SSSR count). The van der Waals surface area contributed by atoms with Gasteiger partial charge in [-0.25, -0.2) is 13.4 Å². The first-order valence-corrected chi connectivity index (χ1v) is 15.0. The normalized spacial score (nSPS) is 14.9. The fourth-order valence-electron chi connectivity index (χ4n) is 4.50.